The molecule has 0 saturated heterocycles. The Balaban J connectivity index is 1.96. The maximum Gasteiger partial charge on any atom is 0.319 e. The summed E-state index contributed by atoms with van der Waals surface area (Å²) in [5.74, 6) is -1.56. The average Bonchev–Trinajstić information content (AvgIpc) is 2.57. The minimum Gasteiger partial charge on any atom is -0.327 e. The molecule has 3 rings (SSSR count). The van der Waals surface area contributed by atoms with Gasteiger partial charge in [0.15, 0.2) is 0 Å². The number of nitrogens with one attached hydrogen (secondary N) is 3. The Bertz CT molecular complexity index is 863. The molecule has 128 valence electrons. The molecular formula is C18H15F2N3O2. The van der Waals surface area contributed by atoms with Crippen molar-refractivity contribution in [2.75, 3.05) is 5.32 Å². The van der Waals surface area contributed by atoms with Crippen LogP contribution in [0.15, 0.2) is 59.8 Å². The number of halogens is 2. The average molecular weight is 343 g/mol. The number of allylic oxidation sites excluding steroid dienone is 1. The number of carbonyl (C=O) groups excluding carboxylic acids is 2. The molecular weight excluding hydrogens is 328 g/mol. The lowest BCUT2D eigenvalue weighted by Gasteiger charge is -2.28. The van der Waals surface area contributed by atoms with Crippen molar-refractivity contribution in [1.82, 2.24) is 10.6 Å². The lowest BCUT2D eigenvalue weighted by Crippen LogP contribution is -2.46. The number of anilines is 1. The number of amides is 3. The predicted molar refractivity (Wildman–Crippen MR) is 88.5 cm³/mol. The topological polar surface area (TPSA) is 70.2 Å². The normalized spacial score (nSPS) is 16.9. The SMILES string of the molecule is CC1=C(C(=O)Nc2ccccc2F)C(c2ccc(F)cc2)NC(=O)N1. The summed E-state index contributed by atoms with van der Waals surface area (Å²) in [5.41, 5.74) is 1.12. The van der Waals surface area contributed by atoms with Gasteiger partial charge < -0.3 is 16.0 Å². The molecule has 25 heavy (non-hydrogen) atoms. The highest BCUT2D eigenvalue weighted by Crippen LogP contribution is 2.28. The Kier molecular flexibility index (Phi) is 4.47. The van der Waals surface area contributed by atoms with Crippen LogP contribution < -0.4 is 16.0 Å². The van der Waals surface area contributed by atoms with Crippen LogP contribution >= 0.6 is 0 Å². The summed E-state index contributed by atoms with van der Waals surface area (Å²) in [6.07, 6.45) is 0. The van der Waals surface area contributed by atoms with Crippen LogP contribution in [0.25, 0.3) is 0 Å². The summed E-state index contributed by atoms with van der Waals surface area (Å²) < 4.78 is 26.9. The van der Waals surface area contributed by atoms with Crippen molar-refractivity contribution >= 4 is 17.6 Å². The van der Waals surface area contributed by atoms with Gasteiger partial charge in [0.2, 0.25) is 0 Å². The molecule has 0 bridgehead atoms. The monoisotopic (exact) mass is 343 g/mol. The molecule has 0 fully saturated rings. The first-order valence-electron chi connectivity index (χ1n) is 7.55. The van der Waals surface area contributed by atoms with E-state index < -0.39 is 29.6 Å². The molecule has 0 saturated carbocycles. The molecule has 0 radical (unpaired) electrons. The molecule has 1 aliphatic rings. The molecule has 1 aliphatic heterocycles. The Morgan fingerprint density at radius 3 is 2.44 bits per heavy atom. The van der Waals surface area contributed by atoms with Crippen molar-refractivity contribution in [3.63, 3.8) is 0 Å². The molecule has 0 aromatic heterocycles. The van der Waals surface area contributed by atoms with E-state index in [2.05, 4.69) is 16.0 Å². The van der Waals surface area contributed by atoms with Gasteiger partial charge in [-0.1, -0.05) is 24.3 Å². The molecule has 1 heterocycles. The van der Waals surface area contributed by atoms with E-state index in [1.54, 1.807) is 13.0 Å². The number of urea groups is 1. The molecule has 1 atom stereocenters. The van der Waals surface area contributed by atoms with Gasteiger partial charge in [-0.25, -0.2) is 13.6 Å². The number of hydrogen-bond donors (Lipinski definition) is 3. The van der Waals surface area contributed by atoms with Crippen LogP contribution in [0.3, 0.4) is 0 Å². The fraction of sp³-hybridized carbons (Fsp3) is 0.111. The zero-order valence-corrected chi connectivity index (χ0v) is 13.3. The van der Waals surface area contributed by atoms with Crippen LogP contribution in [-0.2, 0) is 4.79 Å². The summed E-state index contributed by atoms with van der Waals surface area (Å²) in [6, 6.07) is 9.97. The Morgan fingerprint density at radius 1 is 1.08 bits per heavy atom. The van der Waals surface area contributed by atoms with Gasteiger partial charge in [-0.2, -0.15) is 0 Å². The summed E-state index contributed by atoms with van der Waals surface area (Å²) in [6.45, 7) is 1.57. The third-order valence-corrected chi connectivity index (χ3v) is 3.84. The maximum absolute atomic E-state index is 13.8. The standard InChI is InChI=1S/C18H15F2N3O2/c1-10-15(17(24)22-14-5-3-2-4-13(14)20)16(23-18(25)21-10)11-6-8-12(19)9-7-11/h2-9,16H,1H3,(H,22,24)(H2,21,23,25). The zero-order valence-electron chi connectivity index (χ0n) is 13.3. The van der Waals surface area contributed by atoms with Crippen LogP contribution in [-0.4, -0.2) is 11.9 Å². The van der Waals surface area contributed by atoms with Gasteiger partial charge in [-0.05, 0) is 36.8 Å². The highest BCUT2D eigenvalue weighted by atomic mass is 19.1. The van der Waals surface area contributed by atoms with Gasteiger partial charge in [0, 0.05) is 5.70 Å². The summed E-state index contributed by atoms with van der Waals surface area (Å²) in [4.78, 5) is 24.5. The number of para-hydroxylation sites is 1. The van der Waals surface area contributed by atoms with E-state index in [1.165, 1.54) is 42.5 Å². The first kappa shape index (κ1) is 16.6. The lowest BCUT2D eigenvalue weighted by molar-refractivity contribution is -0.113. The maximum atomic E-state index is 13.8. The van der Waals surface area contributed by atoms with Crippen LogP contribution in [0.1, 0.15) is 18.5 Å². The van der Waals surface area contributed by atoms with Crippen LogP contribution in [0.2, 0.25) is 0 Å². The van der Waals surface area contributed by atoms with Crippen LogP contribution in [0.4, 0.5) is 19.3 Å². The number of benzene rings is 2. The summed E-state index contributed by atoms with van der Waals surface area (Å²) in [5, 5.41) is 7.65. The fourth-order valence-electron chi connectivity index (χ4n) is 2.65. The van der Waals surface area contributed by atoms with Gasteiger partial charge in [0.25, 0.3) is 5.91 Å². The van der Waals surface area contributed by atoms with Gasteiger partial charge in [-0.15, -0.1) is 0 Å². The number of hydrogen-bond acceptors (Lipinski definition) is 2. The first-order chi connectivity index (χ1) is 12.0. The van der Waals surface area contributed by atoms with Crippen molar-refractivity contribution in [1.29, 1.82) is 0 Å². The van der Waals surface area contributed by atoms with Crippen molar-refractivity contribution in [3.05, 3.63) is 77.0 Å². The van der Waals surface area contributed by atoms with Crippen molar-refractivity contribution in [2.45, 2.75) is 13.0 Å². The largest absolute Gasteiger partial charge is 0.327 e. The molecule has 5 nitrogen and oxygen atoms in total. The smallest absolute Gasteiger partial charge is 0.319 e. The second kappa shape index (κ2) is 6.72. The van der Waals surface area contributed by atoms with E-state index in [0.29, 0.717) is 11.3 Å². The van der Waals surface area contributed by atoms with Gasteiger partial charge >= 0.3 is 6.03 Å². The third kappa shape index (κ3) is 3.50. The molecule has 2 aromatic carbocycles. The third-order valence-electron chi connectivity index (χ3n) is 3.84. The van der Waals surface area contributed by atoms with E-state index in [1.807, 2.05) is 0 Å². The first-order valence-corrected chi connectivity index (χ1v) is 7.55. The Labute approximate surface area is 142 Å². The zero-order chi connectivity index (χ0) is 18.0. The highest BCUT2D eigenvalue weighted by molar-refractivity contribution is 6.06. The summed E-state index contributed by atoms with van der Waals surface area (Å²) in [7, 11) is 0. The van der Waals surface area contributed by atoms with E-state index in [-0.39, 0.29) is 11.3 Å². The highest BCUT2D eigenvalue weighted by Gasteiger charge is 2.31. The second-order valence-corrected chi connectivity index (χ2v) is 5.56. The second-order valence-electron chi connectivity index (χ2n) is 5.56. The van der Waals surface area contributed by atoms with Crippen LogP contribution in [0.5, 0.6) is 0 Å². The van der Waals surface area contributed by atoms with Crippen molar-refractivity contribution in [2.24, 2.45) is 0 Å². The van der Waals surface area contributed by atoms with Gasteiger partial charge in [0.1, 0.15) is 11.6 Å². The number of carbonyl (C=O) groups is 2. The minimum atomic E-state index is -0.777. The van der Waals surface area contributed by atoms with E-state index >= 15 is 0 Å². The lowest BCUT2D eigenvalue weighted by atomic mass is 9.95. The minimum absolute atomic E-state index is 0.0301. The van der Waals surface area contributed by atoms with Crippen molar-refractivity contribution < 1.29 is 18.4 Å². The van der Waals surface area contributed by atoms with E-state index in [4.69, 9.17) is 0 Å². The summed E-state index contributed by atoms with van der Waals surface area (Å²) >= 11 is 0. The molecule has 0 aliphatic carbocycles. The van der Waals surface area contributed by atoms with E-state index in [9.17, 15) is 18.4 Å². The van der Waals surface area contributed by atoms with Gasteiger partial charge in [0.05, 0.1) is 17.3 Å². The number of rotatable bonds is 3. The fourth-order valence-corrected chi connectivity index (χ4v) is 2.65. The molecule has 3 N–H and O–H groups in total. The molecule has 2 aromatic rings. The quantitative estimate of drug-likeness (QED) is 0.801. The molecule has 1 unspecified atom stereocenters. The van der Waals surface area contributed by atoms with Gasteiger partial charge in [-0.3, -0.25) is 4.79 Å². The Hall–Kier alpha value is -3.22. The van der Waals surface area contributed by atoms with E-state index in [0.717, 1.165) is 0 Å². The van der Waals surface area contributed by atoms with Crippen LogP contribution in [0, 0.1) is 11.6 Å². The predicted octanol–water partition coefficient (Wildman–Crippen LogP) is 3.23. The molecule has 3 amide bonds. The Morgan fingerprint density at radius 2 is 1.76 bits per heavy atom. The van der Waals surface area contributed by atoms with Crippen molar-refractivity contribution in [3.8, 4) is 0 Å². The molecule has 0 spiro atoms. The molecule has 7 heteroatoms.